The van der Waals surface area contributed by atoms with Crippen molar-refractivity contribution in [3.8, 4) is 0 Å². The molecule has 0 radical (unpaired) electrons. The van der Waals surface area contributed by atoms with E-state index in [9.17, 15) is 4.79 Å². The maximum atomic E-state index is 11.4. The summed E-state index contributed by atoms with van der Waals surface area (Å²) in [4.78, 5) is 13.6. The lowest BCUT2D eigenvalue weighted by atomic mass is 10.2. The van der Waals surface area contributed by atoms with Crippen LogP contribution < -0.4 is 11.1 Å². The molecule has 1 unspecified atom stereocenters. The van der Waals surface area contributed by atoms with E-state index < -0.39 is 6.04 Å². The van der Waals surface area contributed by atoms with Gasteiger partial charge in [-0.2, -0.15) is 0 Å². The van der Waals surface area contributed by atoms with E-state index in [2.05, 4.69) is 10.2 Å². The van der Waals surface area contributed by atoms with Gasteiger partial charge in [0.2, 0.25) is 5.91 Å². The van der Waals surface area contributed by atoms with Gasteiger partial charge < -0.3 is 20.7 Å². The zero-order valence-corrected chi connectivity index (χ0v) is 10.7. The van der Waals surface area contributed by atoms with Gasteiger partial charge in [-0.3, -0.25) is 4.79 Å². The van der Waals surface area contributed by atoms with Crippen LogP contribution in [0.15, 0.2) is 0 Å². The zero-order valence-electron chi connectivity index (χ0n) is 10.7. The summed E-state index contributed by atoms with van der Waals surface area (Å²) in [6.45, 7) is 2.27. The van der Waals surface area contributed by atoms with Gasteiger partial charge in [0.25, 0.3) is 0 Å². The number of rotatable bonds is 9. The molecule has 0 aromatic rings. The van der Waals surface area contributed by atoms with Crippen molar-refractivity contribution < 1.29 is 9.53 Å². The lowest BCUT2D eigenvalue weighted by molar-refractivity contribution is -0.122. The zero-order chi connectivity index (χ0) is 12.4. The van der Waals surface area contributed by atoms with E-state index in [1.807, 2.05) is 14.1 Å². The predicted octanol–water partition coefficient (Wildman–Crippen LogP) is -0.192. The molecule has 0 saturated carbocycles. The summed E-state index contributed by atoms with van der Waals surface area (Å²) in [5, 5.41) is 2.83. The third-order valence-corrected chi connectivity index (χ3v) is 2.30. The van der Waals surface area contributed by atoms with Gasteiger partial charge in [-0.15, -0.1) is 0 Å². The SMILES string of the molecule is COCCC(N)C(=O)NCCCCN(C)C. The first-order valence-electron chi connectivity index (χ1n) is 5.75. The van der Waals surface area contributed by atoms with Gasteiger partial charge in [0.05, 0.1) is 6.04 Å². The van der Waals surface area contributed by atoms with E-state index in [0.717, 1.165) is 19.4 Å². The van der Waals surface area contributed by atoms with Crippen LogP contribution >= 0.6 is 0 Å². The molecule has 0 fully saturated rings. The normalized spacial score (nSPS) is 12.8. The van der Waals surface area contributed by atoms with E-state index in [0.29, 0.717) is 19.6 Å². The van der Waals surface area contributed by atoms with Crippen LogP contribution in [0.5, 0.6) is 0 Å². The largest absolute Gasteiger partial charge is 0.385 e. The fraction of sp³-hybridized carbons (Fsp3) is 0.909. The highest BCUT2D eigenvalue weighted by Crippen LogP contribution is 1.91. The van der Waals surface area contributed by atoms with Crippen molar-refractivity contribution in [2.24, 2.45) is 5.73 Å². The minimum atomic E-state index is -0.450. The first-order chi connectivity index (χ1) is 7.57. The maximum Gasteiger partial charge on any atom is 0.237 e. The molecule has 0 spiro atoms. The highest BCUT2D eigenvalue weighted by Gasteiger charge is 2.11. The number of hydrogen-bond acceptors (Lipinski definition) is 4. The van der Waals surface area contributed by atoms with Crippen molar-refractivity contribution >= 4 is 5.91 Å². The van der Waals surface area contributed by atoms with E-state index in [-0.39, 0.29) is 5.91 Å². The number of ether oxygens (including phenoxy) is 1. The Balaban J connectivity index is 3.42. The number of nitrogens with one attached hydrogen (secondary N) is 1. The molecule has 0 aliphatic heterocycles. The number of hydrogen-bond donors (Lipinski definition) is 2. The maximum absolute atomic E-state index is 11.4. The van der Waals surface area contributed by atoms with Crippen molar-refractivity contribution in [3.63, 3.8) is 0 Å². The highest BCUT2D eigenvalue weighted by atomic mass is 16.5. The lowest BCUT2D eigenvalue weighted by Crippen LogP contribution is -2.41. The number of amides is 1. The molecule has 0 aromatic carbocycles. The molecule has 1 amide bonds. The molecule has 0 aliphatic rings. The topological polar surface area (TPSA) is 67.6 Å². The third kappa shape index (κ3) is 8.64. The Kier molecular flexibility index (Phi) is 9.18. The van der Waals surface area contributed by atoms with Crippen LogP contribution in [-0.4, -0.2) is 57.8 Å². The Morgan fingerprint density at radius 2 is 2.12 bits per heavy atom. The summed E-state index contributed by atoms with van der Waals surface area (Å²) in [6, 6.07) is -0.450. The Morgan fingerprint density at radius 1 is 1.44 bits per heavy atom. The van der Waals surface area contributed by atoms with E-state index in [4.69, 9.17) is 10.5 Å². The predicted molar refractivity (Wildman–Crippen MR) is 65.3 cm³/mol. The number of carbonyl (C=O) groups excluding carboxylic acids is 1. The van der Waals surface area contributed by atoms with Gasteiger partial charge in [-0.05, 0) is 39.9 Å². The monoisotopic (exact) mass is 231 g/mol. The highest BCUT2D eigenvalue weighted by molar-refractivity contribution is 5.81. The second kappa shape index (κ2) is 9.57. The average molecular weight is 231 g/mol. The standard InChI is InChI=1S/C11H25N3O2/c1-14(2)8-5-4-7-13-11(15)10(12)6-9-16-3/h10H,4-9,12H2,1-3H3,(H,13,15). The Hall–Kier alpha value is -0.650. The van der Waals surface area contributed by atoms with Gasteiger partial charge in [0, 0.05) is 20.3 Å². The Bertz CT molecular complexity index is 186. The first-order valence-corrected chi connectivity index (χ1v) is 5.75. The molecule has 96 valence electrons. The average Bonchev–Trinajstić information content (AvgIpc) is 2.24. The second-order valence-electron chi connectivity index (χ2n) is 4.19. The van der Waals surface area contributed by atoms with E-state index in [1.54, 1.807) is 7.11 Å². The van der Waals surface area contributed by atoms with Crippen LogP contribution in [0.25, 0.3) is 0 Å². The molecule has 1 atom stereocenters. The molecule has 3 N–H and O–H groups in total. The van der Waals surface area contributed by atoms with Gasteiger partial charge in [0.1, 0.15) is 0 Å². The molecule has 5 nitrogen and oxygen atoms in total. The first kappa shape index (κ1) is 15.3. The molecule has 0 heterocycles. The minimum absolute atomic E-state index is 0.0816. The number of carbonyl (C=O) groups is 1. The summed E-state index contributed by atoms with van der Waals surface area (Å²) in [7, 11) is 5.68. The van der Waals surface area contributed by atoms with Crippen molar-refractivity contribution in [3.05, 3.63) is 0 Å². The second-order valence-corrected chi connectivity index (χ2v) is 4.19. The summed E-state index contributed by atoms with van der Waals surface area (Å²) in [6.07, 6.45) is 2.64. The molecule has 0 aromatic heterocycles. The Labute approximate surface area is 98.3 Å². The van der Waals surface area contributed by atoms with Crippen molar-refractivity contribution in [1.29, 1.82) is 0 Å². The molecule has 0 saturated heterocycles. The van der Waals surface area contributed by atoms with Crippen molar-refractivity contribution in [1.82, 2.24) is 10.2 Å². The van der Waals surface area contributed by atoms with E-state index in [1.165, 1.54) is 0 Å². The Morgan fingerprint density at radius 3 is 2.69 bits per heavy atom. The minimum Gasteiger partial charge on any atom is -0.385 e. The molecule has 0 rings (SSSR count). The lowest BCUT2D eigenvalue weighted by Gasteiger charge is -2.12. The molecule has 0 bridgehead atoms. The molecule has 5 heteroatoms. The molecular weight excluding hydrogens is 206 g/mol. The molecule has 16 heavy (non-hydrogen) atoms. The molecular formula is C11H25N3O2. The van der Waals surface area contributed by atoms with Crippen LogP contribution in [0.2, 0.25) is 0 Å². The quantitative estimate of drug-likeness (QED) is 0.540. The van der Waals surface area contributed by atoms with Gasteiger partial charge in [-0.1, -0.05) is 0 Å². The van der Waals surface area contributed by atoms with Crippen LogP contribution in [0.1, 0.15) is 19.3 Å². The fourth-order valence-electron chi connectivity index (χ4n) is 1.27. The summed E-state index contributed by atoms with van der Waals surface area (Å²) in [5.74, 6) is -0.0816. The summed E-state index contributed by atoms with van der Waals surface area (Å²) in [5.41, 5.74) is 5.67. The van der Waals surface area contributed by atoms with Crippen molar-refractivity contribution in [2.45, 2.75) is 25.3 Å². The summed E-state index contributed by atoms with van der Waals surface area (Å²) >= 11 is 0. The summed E-state index contributed by atoms with van der Waals surface area (Å²) < 4.78 is 4.87. The van der Waals surface area contributed by atoms with Crippen LogP contribution in [0, 0.1) is 0 Å². The van der Waals surface area contributed by atoms with Crippen LogP contribution in [-0.2, 0) is 9.53 Å². The van der Waals surface area contributed by atoms with Crippen LogP contribution in [0.3, 0.4) is 0 Å². The number of unbranched alkanes of at least 4 members (excludes halogenated alkanes) is 1. The van der Waals surface area contributed by atoms with Crippen LogP contribution in [0.4, 0.5) is 0 Å². The van der Waals surface area contributed by atoms with Crippen molar-refractivity contribution in [2.75, 3.05) is 40.9 Å². The number of nitrogens with zero attached hydrogens (tertiary/aromatic N) is 1. The van der Waals surface area contributed by atoms with Gasteiger partial charge >= 0.3 is 0 Å². The number of nitrogens with two attached hydrogens (primary N) is 1. The number of methoxy groups -OCH3 is 1. The smallest absolute Gasteiger partial charge is 0.237 e. The van der Waals surface area contributed by atoms with Gasteiger partial charge in [-0.25, -0.2) is 0 Å². The molecule has 0 aliphatic carbocycles. The fourth-order valence-corrected chi connectivity index (χ4v) is 1.27. The third-order valence-electron chi connectivity index (χ3n) is 2.30. The van der Waals surface area contributed by atoms with E-state index >= 15 is 0 Å². The van der Waals surface area contributed by atoms with Gasteiger partial charge in [0.15, 0.2) is 0 Å².